The molecule has 0 radical (unpaired) electrons. The lowest BCUT2D eigenvalue weighted by Gasteiger charge is -2.28. The molecule has 1 aromatic carbocycles. The first kappa shape index (κ1) is 15.4. The fourth-order valence-electron chi connectivity index (χ4n) is 2.75. The number of halogens is 2. The smallest absolute Gasteiger partial charge is 0.326 e. The molecule has 0 spiro atoms. The number of carbonyl (C=O) groups is 2. The van der Waals surface area contributed by atoms with E-state index in [-0.39, 0.29) is 5.92 Å². The Bertz CT molecular complexity index is 542. The van der Waals surface area contributed by atoms with E-state index in [2.05, 4.69) is 5.32 Å². The number of hydrogen-bond donors (Lipinski definition) is 2. The van der Waals surface area contributed by atoms with Crippen LogP contribution in [0.15, 0.2) is 18.2 Å². The largest absolute Gasteiger partial charge is 0.480 e. The van der Waals surface area contributed by atoms with Gasteiger partial charge in [0.15, 0.2) is 11.6 Å². The van der Waals surface area contributed by atoms with Gasteiger partial charge in [0.25, 0.3) is 5.91 Å². The summed E-state index contributed by atoms with van der Waals surface area (Å²) in [5.41, 5.74) is -0.475. The minimum Gasteiger partial charge on any atom is -0.480 e. The molecule has 4 nitrogen and oxygen atoms in total. The van der Waals surface area contributed by atoms with Gasteiger partial charge in [-0.15, -0.1) is 0 Å². The zero-order chi connectivity index (χ0) is 15.4. The molecule has 2 N–H and O–H groups in total. The van der Waals surface area contributed by atoms with Crippen LogP contribution in [0.1, 0.15) is 42.5 Å². The summed E-state index contributed by atoms with van der Waals surface area (Å²) < 4.78 is 26.7. The first-order valence-electron chi connectivity index (χ1n) is 6.98. The molecular formula is C15H17F2NO3. The molecule has 21 heavy (non-hydrogen) atoms. The predicted molar refractivity (Wildman–Crippen MR) is 71.8 cm³/mol. The van der Waals surface area contributed by atoms with E-state index in [1.54, 1.807) is 0 Å². The van der Waals surface area contributed by atoms with Gasteiger partial charge in [-0.3, -0.25) is 4.79 Å². The second kappa shape index (κ2) is 6.65. The van der Waals surface area contributed by atoms with Crippen LogP contribution in [0.4, 0.5) is 8.78 Å². The number of aliphatic carboxylic acids is 1. The van der Waals surface area contributed by atoms with E-state index in [0.717, 1.165) is 31.4 Å². The summed E-state index contributed by atoms with van der Waals surface area (Å²) >= 11 is 0. The number of amides is 1. The Morgan fingerprint density at radius 1 is 1.19 bits per heavy atom. The third kappa shape index (κ3) is 3.56. The Balaban J connectivity index is 2.14. The van der Waals surface area contributed by atoms with E-state index in [4.69, 9.17) is 0 Å². The average molecular weight is 297 g/mol. The Labute approximate surface area is 121 Å². The van der Waals surface area contributed by atoms with E-state index in [0.29, 0.717) is 12.8 Å². The van der Waals surface area contributed by atoms with Crippen molar-refractivity contribution in [3.63, 3.8) is 0 Å². The lowest BCUT2D eigenvalue weighted by molar-refractivity contribution is -0.141. The van der Waals surface area contributed by atoms with Crippen molar-refractivity contribution in [3.05, 3.63) is 35.4 Å². The summed E-state index contributed by atoms with van der Waals surface area (Å²) in [6.07, 6.45) is 4.30. The minimum absolute atomic E-state index is 0.170. The first-order valence-corrected chi connectivity index (χ1v) is 6.98. The number of hydrogen-bond acceptors (Lipinski definition) is 2. The predicted octanol–water partition coefficient (Wildman–Crippen LogP) is 2.73. The molecule has 6 heteroatoms. The van der Waals surface area contributed by atoms with E-state index >= 15 is 0 Å². The van der Waals surface area contributed by atoms with Crippen LogP contribution < -0.4 is 5.32 Å². The molecule has 1 aromatic rings. The molecule has 0 heterocycles. The molecule has 1 fully saturated rings. The lowest BCUT2D eigenvalue weighted by atomic mass is 9.84. The van der Waals surface area contributed by atoms with Gasteiger partial charge in [-0.2, -0.15) is 0 Å². The van der Waals surface area contributed by atoms with Crippen molar-refractivity contribution in [2.24, 2.45) is 5.92 Å². The molecule has 2 rings (SSSR count). The van der Waals surface area contributed by atoms with Gasteiger partial charge in [0, 0.05) is 0 Å². The summed E-state index contributed by atoms with van der Waals surface area (Å²) in [5.74, 6) is -4.61. The van der Waals surface area contributed by atoms with Gasteiger partial charge >= 0.3 is 5.97 Å². The topological polar surface area (TPSA) is 66.4 Å². The molecule has 0 aliphatic heterocycles. The minimum atomic E-state index is -1.26. The highest BCUT2D eigenvalue weighted by atomic mass is 19.2. The van der Waals surface area contributed by atoms with E-state index in [1.807, 2.05) is 0 Å². The third-order valence-electron chi connectivity index (χ3n) is 3.87. The maximum atomic E-state index is 13.6. The summed E-state index contributed by atoms with van der Waals surface area (Å²) in [5, 5.41) is 11.6. The normalized spacial score (nSPS) is 17.2. The molecular weight excluding hydrogens is 280 g/mol. The van der Waals surface area contributed by atoms with Crippen LogP contribution in [0.2, 0.25) is 0 Å². The average Bonchev–Trinajstić information content (AvgIpc) is 2.48. The van der Waals surface area contributed by atoms with Crippen molar-refractivity contribution < 1.29 is 23.5 Å². The van der Waals surface area contributed by atoms with Gasteiger partial charge in [-0.25, -0.2) is 13.6 Å². The highest BCUT2D eigenvalue weighted by Gasteiger charge is 2.31. The lowest BCUT2D eigenvalue weighted by Crippen LogP contribution is -2.46. The standard InChI is InChI=1S/C15H17F2NO3/c16-11-8-4-7-10(12(11)17)14(19)18-13(15(20)21)9-5-2-1-3-6-9/h4,7-9,13H,1-3,5-6H2,(H,18,19)(H,20,21)/t13-/m0/s1. The monoisotopic (exact) mass is 297 g/mol. The van der Waals surface area contributed by atoms with Crippen molar-refractivity contribution in [2.75, 3.05) is 0 Å². The number of benzene rings is 1. The van der Waals surface area contributed by atoms with Gasteiger partial charge in [0.2, 0.25) is 0 Å². The van der Waals surface area contributed by atoms with Gasteiger partial charge in [-0.05, 0) is 30.9 Å². The van der Waals surface area contributed by atoms with Crippen LogP contribution >= 0.6 is 0 Å². The number of rotatable bonds is 4. The quantitative estimate of drug-likeness (QED) is 0.898. The Morgan fingerprint density at radius 3 is 2.48 bits per heavy atom. The molecule has 0 bridgehead atoms. The highest BCUT2D eigenvalue weighted by molar-refractivity contribution is 5.96. The Hall–Kier alpha value is -1.98. The summed E-state index contributed by atoms with van der Waals surface area (Å²) in [7, 11) is 0. The zero-order valence-corrected chi connectivity index (χ0v) is 11.4. The van der Waals surface area contributed by atoms with Crippen LogP contribution in [-0.4, -0.2) is 23.0 Å². The number of carboxylic acids is 1. The summed E-state index contributed by atoms with van der Waals surface area (Å²) in [4.78, 5) is 23.3. The van der Waals surface area contributed by atoms with Crippen molar-refractivity contribution in [1.29, 1.82) is 0 Å². The van der Waals surface area contributed by atoms with Crippen LogP contribution in [0.5, 0.6) is 0 Å². The van der Waals surface area contributed by atoms with Crippen LogP contribution in [0, 0.1) is 17.6 Å². The van der Waals surface area contributed by atoms with E-state index in [1.165, 1.54) is 6.07 Å². The number of carboxylic acid groups (broad SMARTS) is 1. The highest BCUT2D eigenvalue weighted by Crippen LogP contribution is 2.27. The van der Waals surface area contributed by atoms with Crippen molar-refractivity contribution >= 4 is 11.9 Å². The molecule has 1 aliphatic carbocycles. The molecule has 1 amide bonds. The molecule has 114 valence electrons. The second-order valence-corrected chi connectivity index (χ2v) is 5.29. The maximum absolute atomic E-state index is 13.6. The van der Waals surface area contributed by atoms with Gasteiger partial charge < -0.3 is 10.4 Å². The SMILES string of the molecule is O=C(N[C@H](C(=O)O)C1CCCCC1)c1cccc(F)c1F. The van der Waals surface area contributed by atoms with Crippen molar-refractivity contribution in [1.82, 2.24) is 5.32 Å². The van der Waals surface area contributed by atoms with Crippen LogP contribution in [-0.2, 0) is 4.79 Å². The van der Waals surface area contributed by atoms with Crippen molar-refractivity contribution in [3.8, 4) is 0 Å². The first-order chi connectivity index (χ1) is 10.0. The Morgan fingerprint density at radius 2 is 1.86 bits per heavy atom. The fourth-order valence-corrected chi connectivity index (χ4v) is 2.75. The van der Waals surface area contributed by atoms with E-state index in [9.17, 15) is 23.5 Å². The molecule has 1 aliphatic rings. The summed E-state index contributed by atoms with van der Waals surface area (Å²) in [6.45, 7) is 0. The molecule has 1 saturated carbocycles. The van der Waals surface area contributed by atoms with Crippen LogP contribution in [0.3, 0.4) is 0 Å². The molecule has 0 unspecified atom stereocenters. The maximum Gasteiger partial charge on any atom is 0.326 e. The van der Waals surface area contributed by atoms with Gasteiger partial charge in [0.05, 0.1) is 5.56 Å². The molecule has 1 atom stereocenters. The summed E-state index contributed by atoms with van der Waals surface area (Å²) in [6, 6.07) is 2.18. The third-order valence-corrected chi connectivity index (χ3v) is 3.87. The van der Waals surface area contributed by atoms with Gasteiger partial charge in [0.1, 0.15) is 6.04 Å². The number of carbonyl (C=O) groups excluding carboxylic acids is 1. The molecule has 0 saturated heterocycles. The van der Waals surface area contributed by atoms with Crippen molar-refractivity contribution in [2.45, 2.75) is 38.1 Å². The van der Waals surface area contributed by atoms with E-state index < -0.39 is 35.1 Å². The number of nitrogens with one attached hydrogen (secondary N) is 1. The van der Waals surface area contributed by atoms with Gasteiger partial charge in [-0.1, -0.05) is 25.3 Å². The van der Waals surface area contributed by atoms with Crippen LogP contribution in [0.25, 0.3) is 0 Å². The Kier molecular flexibility index (Phi) is 4.88. The second-order valence-electron chi connectivity index (χ2n) is 5.29. The molecule has 0 aromatic heterocycles. The fraction of sp³-hybridized carbons (Fsp3) is 0.467. The zero-order valence-electron chi connectivity index (χ0n) is 11.4.